The number of unbranched alkanes of at least 4 members (excludes halogenated alkanes) is 40. The molecule has 0 radical (unpaired) electrons. The highest BCUT2D eigenvalue weighted by atomic mass is 31.2. The van der Waals surface area contributed by atoms with Gasteiger partial charge in [-0.05, 0) is 19.3 Å². The average Bonchev–Trinajstić information content (AvgIpc) is 1.21. The number of carbonyl (C=O) groups is 3. The summed E-state index contributed by atoms with van der Waals surface area (Å²) < 4.78 is 53.4. The van der Waals surface area contributed by atoms with Crippen LogP contribution in [0, 0.1) is 0 Å². The first-order chi connectivity index (χ1) is 42.1. The Hall–Kier alpha value is -1.84. The first kappa shape index (κ1) is 81.3. The first-order valence-corrected chi connectivity index (χ1v) is 36.9. The Morgan fingerprint density at radius 2 is 0.793 bits per heavy atom. The van der Waals surface area contributed by atoms with E-state index in [1.165, 1.54) is 173 Å². The van der Waals surface area contributed by atoms with Crippen LogP contribution < -0.4 is 10.6 Å². The van der Waals surface area contributed by atoms with Crippen molar-refractivity contribution in [1.29, 1.82) is 0 Å². The van der Waals surface area contributed by atoms with Gasteiger partial charge < -0.3 is 74.0 Å². The summed E-state index contributed by atoms with van der Waals surface area (Å²) in [7, 11) is -5.70. The second-order valence-corrected chi connectivity index (χ2v) is 26.8. The van der Waals surface area contributed by atoms with Crippen LogP contribution in [-0.4, -0.2) is 142 Å². The summed E-state index contributed by atoms with van der Waals surface area (Å²) in [6.45, 7) is 4.47. The number of aliphatic hydroxyl groups is 6. The van der Waals surface area contributed by atoms with Crippen LogP contribution >= 0.6 is 7.82 Å². The zero-order valence-corrected chi connectivity index (χ0v) is 55.7. The van der Waals surface area contributed by atoms with Crippen LogP contribution in [0.2, 0.25) is 0 Å². The number of phosphoric ester groups is 1. The van der Waals surface area contributed by atoms with Gasteiger partial charge in [0.1, 0.15) is 55.4 Å². The molecule has 0 amide bonds. The van der Waals surface area contributed by atoms with Gasteiger partial charge in [-0.25, -0.2) is 0 Å². The van der Waals surface area contributed by atoms with Gasteiger partial charge in [-0.2, -0.15) is 0 Å². The minimum absolute atomic E-state index is 0.0261. The zero-order chi connectivity index (χ0) is 63.8. The second kappa shape index (κ2) is 52.6. The molecule has 2 fully saturated rings. The third-order valence-electron chi connectivity index (χ3n) is 17.4. The maximum atomic E-state index is 14.0. The predicted octanol–water partition coefficient (Wildman–Crippen LogP) is 11.8. The van der Waals surface area contributed by atoms with Crippen LogP contribution in [0.15, 0.2) is 0 Å². The highest BCUT2D eigenvalue weighted by Gasteiger charge is 2.56. The highest BCUT2D eigenvalue weighted by Crippen LogP contribution is 2.45. The van der Waals surface area contributed by atoms with Crippen molar-refractivity contribution in [2.45, 2.75) is 390 Å². The van der Waals surface area contributed by atoms with Crippen LogP contribution in [0.3, 0.4) is 0 Å². The lowest BCUT2D eigenvalue weighted by molar-refractivity contribution is -0.506. The molecule has 0 aromatic heterocycles. The smallest absolute Gasteiger partial charge is 0.306 e. The number of rotatable bonds is 58. The number of aliphatic hydroxyl groups excluding tert-OH is 6. The average molecular weight is 1270 g/mol. The molecule has 2 rings (SSSR count). The van der Waals surface area contributed by atoms with Gasteiger partial charge in [-0.3, -0.25) is 18.9 Å². The van der Waals surface area contributed by atoms with Gasteiger partial charge in [-0.15, -0.1) is 0 Å². The second-order valence-electron chi connectivity index (χ2n) is 25.4. The van der Waals surface area contributed by atoms with E-state index < -0.39 is 119 Å². The molecule has 0 aromatic rings. The fourth-order valence-corrected chi connectivity index (χ4v) is 12.7. The summed E-state index contributed by atoms with van der Waals surface area (Å²) in [4.78, 5) is 53.8. The Kier molecular flexibility index (Phi) is 49.2. The van der Waals surface area contributed by atoms with Gasteiger partial charge in [0.15, 0.2) is 18.2 Å². The summed E-state index contributed by atoms with van der Waals surface area (Å²) in [6.07, 6.45) is 28.4. The van der Waals surface area contributed by atoms with Gasteiger partial charge in [-0.1, -0.05) is 278 Å². The van der Waals surface area contributed by atoms with E-state index in [0.29, 0.717) is 25.7 Å². The Bertz CT molecular complexity index is 1720. The van der Waals surface area contributed by atoms with E-state index in [1.807, 2.05) is 0 Å². The normalized spacial score (nSPS) is 24.2. The molecule has 1 saturated carbocycles. The SMILES string of the molecule is CCCCCCCCCCCCCCCCCC(=O)OC[C@@H](COP(=O)([O-])O[C@@H]1[C@H](OC(=O)CCCCCCCCCCCCCCC)[C@H](O)[C@@H](O)[C@H](O)[C@H]1O[C@H]1O[C@H](CO)[C@@H](O)[C@H](O)[C@H]1[NH3+])OC(=O)CCCCCCCCCCCCCCCCC. The van der Waals surface area contributed by atoms with Gasteiger partial charge >= 0.3 is 17.9 Å². The van der Waals surface area contributed by atoms with Crippen LogP contribution in [0.4, 0.5) is 0 Å². The standard InChI is InChI=1S/C67H128NO18P/c1-4-7-10-13-16-19-22-25-27-30-32-35-38-41-44-47-55(70)80-51-53(82-56(71)48-45-42-39-36-34-31-28-26-23-20-17-14-11-8-5-2)52-81-87(78,79)86-66-64(84-57(72)49-46-43-40-37-33-29-24-21-18-15-12-9-6-3)62(76)61(75)63(77)65(66)85-67-58(68)60(74)59(73)54(50-69)83-67/h53-54,58-67,69,73-77H,4-52,68H2,1-3H3,(H,78,79)/t53-,54+,58+,59+,60+,61+,62+,63-,64+,65+,66+,67+/m0/s1. The third-order valence-corrected chi connectivity index (χ3v) is 18.4. The summed E-state index contributed by atoms with van der Waals surface area (Å²) in [5.41, 5.74) is 3.79. The maximum absolute atomic E-state index is 14.0. The lowest BCUT2D eigenvalue weighted by Crippen LogP contribution is -2.79. The van der Waals surface area contributed by atoms with Crippen molar-refractivity contribution in [3.63, 3.8) is 0 Å². The van der Waals surface area contributed by atoms with Crippen molar-refractivity contribution >= 4 is 25.7 Å². The molecular weight excluding hydrogens is 1140 g/mol. The number of carbonyl (C=O) groups excluding carboxylic acids is 3. The molecule has 1 heterocycles. The summed E-state index contributed by atoms with van der Waals surface area (Å²) in [6, 6.07) is -1.32. The van der Waals surface area contributed by atoms with Crippen LogP contribution in [0.5, 0.6) is 0 Å². The Balaban J connectivity index is 2.11. The first-order valence-electron chi connectivity index (χ1n) is 35.4. The summed E-state index contributed by atoms with van der Waals surface area (Å²) >= 11 is 0. The van der Waals surface area contributed by atoms with Crippen molar-refractivity contribution < 1.29 is 92.9 Å². The van der Waals surface area contributed by atoms with Gasteiger partial charge in [0.2, 0.25) is 6.29 Å². The molecule has 1 saturated heterocycles. The molecular formula is C67H128NO18P. The van der Waals surface area contributed by atoms with Crippen LogP contribution in [0.25, 0.3) is 0 Å². The summed E-state index contributed by atoms with van der Waals surface area (Å²) in [5, 5.41) is 65.1. The molecule has 87 heavy (non-hydrogen) atoms. The molecule has 2 aliphatic rings. The zero-order valence-electron chi connectivity index (χ0n) is 54.8. The monoisotopic (exact) mass is 1270 g/mol. The molecule has 1 aliphatic heterocycles. The minimum Gasteiger partial charge on any atom is -0.756 e. The van der Waals surface area contributed by atoms with E-state index in [4.69, 9.17) is 32.7 Å². The van der Waals surface area contributed by atoms with E-state index >= 15 is 0 Å². The Morgan fingerprint density at radius 3 is 1.17 bits per heavy atom. The maximum Gasteiger partial charge on any atom is 0.306 e. The molecule has 20 heteroatoms. The number of ether oxygens (including phenoxy) is 5. The van der Waals surface area contributed by atoms with Crippen LogP contribution in [-0.2, 0) is 51.7 Å². The van der Waals surface area contributed by atoms with Gasteiger partial charge in [0.05, 0.1) is 13.2 Å². The van der Waals surface area contributed by atoms with Gasteiger partial charge in [0, 0.05) is 19.3 Å². The van der Waals surface area contributed by atoms with Gasteiger partial charge in [0.25, 0.3) is 7.82 Å². The molecule has 1 aliphatic carbocycles. The molecule has 19 nitrogen and oxygen atoms in total. The predicted molar refractivity (Wildman–Crippen MR) is 336 cm³/mol. The third kappa shape index (κ3) is 38.7. The minimum atomic E-state index is -5.70. The van der Waals surface area contributed by atoms with Crippen LogP contribution in [0.1, 0.15) is 316 Å². The fourth-order valence-electron chi connectivity index (χ4n) is 11.8. The molecule has 514 valence electrons. The molecule has 13 atom stereocenters. The Morgan fingerprint density at radius 1 is 0.448 bits per heavy atom. The van der Waals surface area contributed by atoms with Crippen molar-refractivity contribution in [3.8, 4) is 0 Å². The molecule has 0 spiro atoms. The molecule has 1 unspecified atom stereocenters. The van der Waals surface area contributed by atoms with E-state index in [2.05, 4.69) is 26.5 Å². The van der Waals surface area contributed by atoms with E-state index in [-0.39, 0.29) is 19.3 Å². The lowest BCUT2D eigenvalue weighted by Gasteiger charge is -2.48. The quantitative estimate of drug-likeness (QED) is 0.0129. The molecule has 0 bridgehead atoms. The largest absolute Gasteiger partial charge is 0.756 e. The topological polar surface area (TPSA) is 305 Å². The lowest BCUT2D eigenvalue weighted by atomic mass is 9.84. The van der Waals surface area contributed by atoms with E-state index in [9.17, 15) is 54.5 Å². The van der Waals surface area contributed by atoms with Crippen molar-refractivity contribution in [1.82, 2.24) is 0 Å². The van der Waals surface area contributed by atoms with Crippen molar-refractivity contribution in [3.05, 3.63) is 0 Å². The molecule has 0 aromatic carbocycles. The number of hydrogen-bond donors (Lipinski definition) is 7. The number of esters is 3. The summed E-state index contributed by atoms with van der Waals surface area (Å²) in [5.74, 6) is -2.08. The Labute approximate surface area is 526 Å². The van der Waals surface area contributed by atoms with Crippen molar-refractivity contribution in [2.24, 2.45) is 0 Å². The van der Waals surface area contributed by atoms with E-state index in [0.717, 1.165) is 77.0 Å². The molecule has 9 N–H and O–H groups in total. The highest BCUT2D eigenvalue weighted by molar-refractivity contribution is 7.45. The number of quaternary nitrogens is 1. The number of hydrogen-bond acceptors (Lipinski definition) is 18. The fraction of sp³-hybridized carbons (Fsp3) is 0.955. The number of phosphoric acid groups is 1. The van der Waals surface area contributed by atoms with E-state index in [1.54, 1.807) is 0 Å². The van der Waals surface area contributed by atoms with Crippen molar-refractivity contribution in [2.75, 3.05) is 19.8 Å².